The molecule has 0 saturated heterocycles. The summed E-state index contributed by atoms with van der Waals surface area (Å²) in [6.07, 6.45) is -3.57. The summed E-state index contributed by atoms with van der Waals surface area (Å²) in [5.74, 6) is -1.00. The Labute approximate surface area is 144 Å². The van der Waals surface area contributed by atoms with Gasteiger partial charge in [-0.1, -0.05) is 0 Å². The van der Waals surface area contributed by atoms with Crippen molar-refractivity contribution >= 4 is 30.8 Å². The molecule has 1 aromatic carbocycles. The summed E-state index contributed by atoms with van der Waals surface area (Å²) in [6.45, 7) is 0. The molecular weight excluding hydrogens is 403 g/mol. The van der Waals surface area contributed by atoms with E-state index in [0.717, 1.165) is 0 Å². The molecule has 0 aliphatic heterocycles. The average Bonchev–Trinajstić information content (AvgIpc) is 2.40. The predicted molar refractivity (Wildman–Crippen MR) is 86.6 cm³/mol. The number of aromatic nitrogens is 2. The molecule has 0 aliphatic rings. The number of fused-ring (bicyclic) bond motifs is 1. The van der Waals surface area contributed by atoms with Crippen LogP contribution in [0.2, 0.25) is 0 Å². The van der Waals surface area contributed by atoms with Gasteiger partial charge in [0.15, 0.2) is 9.84 Å². The van der Waals surface area contributed by atoms with Gasteiger partial charge in [0, 0.05) is 6.26 Å². The number of hydrogen-bond acceptors (Lipinski definition) is 6. The summed E-state index contributed by atoms with van der Waals surface area (Å²) in [5.41, 5.74) is -5.12. The Bertz CT molecular complexity index is 1210. The lowest BCUT2D eigenvalue weighted by atomic mass is 10.1. The number of aromatic amines is 1. The lowest BCUT2D eigenvalue weighted by Gasteiger charge is -2.14. The van der Waals surface area contributed by atoms with E-state index >= 15 is 0 Å². The first kappa shape index (κ1) is 20.0. The zero-order chi connectivity index (χ0) is 20.1. The van der Waals surface area contributed by atoms with Crippen molar-refractivity contribution in [3.63, 3.8) is 0 Å². The van der Waals surface area contributed by atoms with Gasteiger partial charge in [0.2, 0.25) is 10.0 Å². The van der Waals surface area contributed by atoms with E-state index in [1.807, 2.05) is 4.98 Å². The van der Waals surface area contributed by atoms with Crippen LogP contribution in [0.3, 0.4) is 0 Å². The summed E-state index contributed by atoms with van der Waals surface area (Å²) < 4.78 is 84.9. The molecule has 2 aromatic rings. The van der Waals surface area contributed by atoms with E-state index in [9.17, 15) is 39.6 Å². The first-order valence-electron chi connectivity index (χ1n) is 6.63. The summed E-state index contributed by atoms with van der Waals surface area (Å²) in [6, 6.07) is 1.10. The molecule has 0 radical (unpaired) electrons. The molecule has 0 atom stereocenters. The van der Waals surface area contributed by atoms with Crippen LogP contribution in [0.5, 0.6) is 0 Å². The smallest absolute Gasteiger partial charge is 0.305 e. The molecule has 0 aliphatic carbocycles. The van der Waals surface area contributed by atoms with Gasteiger partial charge in [-0.15, -0.1) is 0 Å². The van der Waals surface area contributed by atoms with Crippen molar-refractivity contribution in [3.05, 3.63) is 44.1 Å². The van der Waals surface area contributed by atoms with Crippen LogP contribution in [-0.4, -0.2) is 39.0 Å². The largest absolute Gasteiger partial charge is 0.416 e. The maximum Gasteiger partial charge on any atom is 0.416 e. The van der Waals surface area contributed by atoms with Crippen LogP contribution in [0.15, 0.2) is 21.7 Å². The maximum atomic E-state index is 13.2. The highest BCUT2D eigenvalue weighted by Crippen LogP contribution is 2.34. The number of sulfonamides is 1. The Hall–Kier alpha value is -2.35. The molecule has 9 nitrogen and oxygen atoms in total. The van der Waals surface area contributed by atoms with Crippen LogP contribution >= 0.6 is 0 Å². The number of benzene rings is 1. The Morgan fingerprint density at radius 1 is 1.12 bits per heavy atom. The standard InChI is InChI=1S/C12H12F3N3O6S2/c1-25(21,22)5-6-3-7-9(4-8(6)12(13,14)15)16-11(20)18(10(7)19)17-26(2,23)24/h3-4,17H,5H2,1-2H3,(H,16,20). The highest BCUT2D eigenvalue weighted by Gasteiger charge is 2.35. The Morgan fingerprint density at radius 2 is 1.69 bits per heavy atom. The molecule has 14 heteroatoms. The molecule has 2 N–H and O–H groups in total. The highest BCUT2D eigenvalue weighted by molar-refractivity contribution is 7.91. The van der Waals surface area contributed by atoms with Crippen molar-refractivity contribution in [2.24, 2.45) is 0 Å². The number of nitrogens with zero attached hydrogens (tertiary/aromatic N) is 1. The van der Waals surface area contributed by atoms with Gasteiger partial charge in [0.1, 0.15) is 0 Å². The van der Waals surface area contributed by atoms with Crippen LogP contribution in [0.4, 0.5) is 13.2 Å². The number of rotatable bonds is 4. The summed E-state index contributed by atoms with van der Waals surface area (Å²) in [7, 11) is -7.92. The quantitative estimate of drug-likeness (QED) is 0.707. The highest BCUT2D eigenvalue weighted by atomic mass is 32.2. The van der Waals surface area contributed by atoms with Crippen LogP contribution in [0.1, 0.15) is 11.1 Å². The predicted octanol–water partition coefficient (Wildman–Crippen LogP) is -0.244. The van der Waals surface area contributed by atoms with Crippen molar-refractivity contribution in [3.8, 4) is 0 Å². The fraction of sp³-hybridized carbons (Fsp3) is 0.333. The second-order valence-electron chi connectivity index (χ2n) is 5.56. The number of nitrogens with one attached hydrogen (secondary N) is 2. The second kappa shape index (κ2) is 6.12. The lowest BCUT2D eigenvalue weighted by Crippen LogP contribution is -2.43. The summed E-state index contributed by atoms with van der Waals surface area (Å²) in [4.78, 5) is 27.7. The molecule has 0 bridgehead atoms. The first-order chi connectivity index (χ1) is 11.6. The van der Waals surface area contributed by atoms with E-state index in [1.165, 1.54) is 0 Å². The van der Waals surface area contributed by atoms with E-state index in [4.69, 9.17) is 0 Å². The third-order valence-corrected chi connectivity index (χ3v) is 4.45. The maximum absolute atomic E-state index is 13.2. The van der Waals surface area contributed by atoms with Crippen molar-refractivity contribution < 1.29 is 30.0 Å². The third-order valence-electron chi connectivity index (χ3n) is 3.10. The van der Waals surface area contributed by atoms with Crippen LogP contribution < -0.4 is 16.1 Å². The molecule has 0 amide bonds. The Kier molecular flexibility index (Phi) is 4.70. The zero-order valence-corrected chi connectivity index (χ0v) is 14.8. The lowest BCUT2D eigenvalue weighted by molar-refractivity contribution is -0.138. The minimum Gasteiger partial charge on any atom is -0.305 e. The van der Waals surface area contributed by atoms with Crippen molar-refractivity contribution in [2.45, 2.75) is 11.9 Å². The van der Waals surface area contributed by atoms with Gasteiger partial charge < -0.3 is 4.98 Å². The van der Waals surface area contributed by atoms with Crippen molar-refractivity contribution in [1.29, 1.82) is 0 Å². The van der Waals surface area contributed by atoms with E-state index < -0.39 is 65.1 Å². The Morgan fingerprint density at radius 3 is 2.15 bits per heavy atom. The zero-order valence-electron chi connectivity index (χ0n) is 13.2. The van der Waals surface area contributed by atoms with Crippen LogP contribution in [-0.2, 0) is 31.8 Å². The summed E-state index contributed by atoms with van der Waals surface area (Å²) >= 11 is 0. The molecule has 1 heterocycles. The van der Waals surface area contributed by atoms with Crippen molar-refractivity contribution in [2.75, 3.05) is 17.3 Å². The normalized spacial score (nSPS) is 13.1. The van der Waals surface area contributed by atoms with E-state index in [1.54, 1.807) is 4.83 Å². The summed E-state index contributed by atoms with van der Waals surface area (Å²) in [5, 5.41) is -0.493. The third kappa shape index (κ3) is 4.43. The second-order valence-corrected chi connectivity index (χ2v) is 9.42. The fourth-order valence-corrected chi connectivity index (χ4v) is 3.52. The van der Waals surface area contributed by atoms with Crippen LogP contribution in [0.25, 0.3) is 10.9 Å². The molecular formula is C12H12F3N3O6S2. The fourth-order valence-electron chi connectivity index (χ4n) is 2.22. The number of hydrogen-bond donors (Lipinski definition) is 2. The van der Waals surface area contributed by atoms with E-state index in [0.29, 0.717) is 24.6 Å². The van der Waals surface area contributed by atoms with Gasteiger partial charge in [-0.25, -0.2) is 26.5 Å². The topological polar surface area (TPSA) is 135 Å². The molecule has 2 rings (SSSR count). The molecule has 0 spiro atoms. The van der Waals surface area contributed by atoms with Gasteiger partial charge in [-0.05, 0) is 17.7 Å². The molecule has 0 unspecified atom stereocenters. The minimum absolute atomic E-state index is 0.0646. The molecule has 144 valence electrons. The number of H-pyrrole nitrogens is 1. The van der Waals surface area contributed by atoms with Crippen LogP contribution in [0, 0.1) is 0 Å². The van der Waals surface area contributed by atoms with Gasteiger partial charge in [0.05, 0.1) is 28.5 Å². The minimum atomic E-state index is -4.94. The molecule has 0 saturated carbocycles. The molecule has 26 heavy (non-hydrogen) atoms. The van der Waals surface area contributed by atoms with Gasteiger partial charge in [0.25, 0.3) is 5.56 Å². The number of sulfone groups is 1. The van der Waals surface area contributed by atoms with Gasteiger partial charge in [-0.3, -0.25) is 4.79 Å². The van der Waals surface area contributed by atoms with E-state index in [2.05, 4.69) is 0 Å². The monoisotopic (exact) mass is 415 g/mol. The Balaban J connectivity index is 2.91. The first-order valence-corrected chi connectivity index (χ1v) is 10.6. The van der Waals surface area contributed by atoms with Gasteiger partial charge in [-0.2, -0.15) is 17.8 Å². The number of halogens is 3. The SMILES string of the molecule is CS(=O)(=O)Cc1cc2c(=O)n(NS(C)(=O)=O)c(=O)[nH]c2cc1C(F)(F)F. The van der Waals surface area contributed by atoms with Gasteiger partial charge >= 0.3 is 11.9 Å². The van der Waals surface area contributed by atoms with Crippen molar-refractivity contribution in [1.82, 2.24) is 9.66 Å². The molecule has 0 fully saturated rings. The average molecular weight is 415 g/mol. The molecule has 1 aromatic heterocycles. The number of alkyl halides is 3. The van der Waals surface area contributed by atoms with E-state index in [-0.39, 0.29) is 4.68 Å².